The van der Waals surface area contributed by atoms with Gasteiger partial charge in [-0.25, -0.2) is 0 Å². The van der Waals surface area contributed by atoms with Gasteiger partial charge in [0.2, 0.25) is 0 Å². The number of benzene rings is 1. The predicted octanol–water partition coefficient (Wildman–Crippen LogP) is 2.69. The molecule has 1 aliphatic carbocycles. The van der Waals surface area contributed by atoms with Crippen molar-refractivity contribution in [3.8, 4) is 0 Å². The first kappa shape index (κ1) is 14.1. The van der Waals surface area contributed by atoms with Crippen LogP contribution in [0.1, 0.15) is 43.1 Å². The Morgan fingerprint density at radius 3 is 2.71 bits per heavy atom. The second kappa shape index (κ2) is 5.90. The molecule has 3 rings (SSSR count). The van der Waals surface area contributed by atoms with Crippen LogP contribution in [0.5, 0.6) is 0 Å². The molecule has 0 aliphatic heterocycles. The Morgan fingerprint density at radius 1 is 1.29 bits per heavy atom. The molecule has 0 saturated heterocycles. The Morgan fingerprint density at radius 2 is 2.00 bits per heavy atom. The number of aliphatic hydroxyl groups excluding tert-OH is 1. The molecule has 1 aromatic carbocycles. The number of aryl methyl sites for hydroxylation is 1. The second-order valence-electron chi connectivity index (χ2n) is 5.81. The van der Waals surface area contributed by atoms with Crippen LogP contribution in [0.15, 0.2) is 30.3 Å². The minimum Gasteiger partial charge on any atom is -0.393 e. The van der Waals surface area contributed by atoms with E-state index >= 15 is 0 Å². The Balaban J connectivity index is 1.81. The van der Waals surface area contributed by atoms with Crippen LogP contribution in [-0.2, 0) is 6.54 Å². The van der Waals surface area contributed by atoms with Crippen molar-refractivity contribution in [1.29, 1.82) is 0 Å². The highest BCUT2D eigenvalue weighted by atomic mass is 16.3. The summed E-state index contributed by atoms with van der Waals surface area (Å²) in [6, 6.07) is 10.2. The average Bonchev–Trinajstić information content (AvgIpc) is 2.88. The van der Waals surface area contributed by atoms with Crippen LogP contribution in [0.2, 0.25) is 0 Å². The molecule has 0 unspecified atom stereocenters. The van der Waals surface area contributed by atoms with Gasteiger partial charge in [-0.15, -0.1) is 0 Å². The number of hydrogen-bond donors (Lipinski definition) is 2. The van der Waals surface area contributed by atoms with Gasteiger partial charge in [0, 0.05) is 23.5 Å². The van der Waals surface area contributed by atoms with Gasteiger partial charge in [-0.2, -0.15) is 0 Å². The Hall–Kier alpha value is -1.81. The van der Waals surface area contributed by atoms with E-state index < -0.39 is 0 Å². The summed E-state index contributed by atoms with van der Waals surface area (Å²) < 4.78 is 2.06. The highest BCUT2D eigenvalue weighted by Crippen LogP contribution is 2.22. The standard InChI is InChI=1S/C17H22N2O2/c1-2-19-15-6-4-3-5-12(15)11-16(19)17(21)18-13-7-9-14(20)10-8-13/h3-6,11,13-14,20H,2,7-10H2,1H3,(H,18,21). The van der Waals surface area contributed by atoms with E-state index in [1.165, 1.54) is 0 Å². The Labute approximate surface area is 124 Å². The average molecular weight is 286 g/mol. The van der Waals surface area contributed by atoms with Gasteiger partial charge < -0.3 is 15.0 Å². The Bertz CT molecular complexity index is 639. The molecule has 1 fully saturated rings. The van der Waals surface area contributed by atoms with Crippen LogP contribution in [0.25, 0.3) is 10.9 Å². The molecule has 2 N–H and O–H groups in total. The highest BCUT2D eigenvalue weighted by molar-refractivity contribution is 5.98. The lowest BCUT2D eigenvalue weighted by Gasteiger charge is -2.26. The summed E-state index contributed by atoms with van der Waals surface area (Å²) in [5.74, 6) is -0.00515. The molecule has 1 saturated carbocycles. The highest BCUT2D eigenvalue weighted by Gasteiger charge is 2.22. The lowest BCUT2D eigenvalue weighted by molar-refractivity contribution is 0.0860. The normalized spacial score (nSPS) is 22.4. The molecule has 112 valence electrons. The van der Waals surface area contributed by atoms with Gasteiger partial charge in [-0.05, 0) is 44.7 Å². The Kier molecular flexibility index (Phi) is 3.97. The zero-order valence-corrected chi connectivity index (χ0v) is 12.4. The van der Waals surface area contributed by atoms with E-state index in [1.807, 2.05) is 30.3 Å². The summed E-state index contributed by atoms with van der Waals surface area (Å²) in [5.41, 5.74) is 1.83. The van der Waals surface area contributed by atoms with Crippen molar-refractivity contribution >= 4 is 16.8 Å². The van der Waals surface area contributed by atoms with Gasteiger partial charge >= 0.3 is 0 Å². The first-order valence-corrected chi connectivity index (χ1v) is 7.76. The summed E-state index contributed by atoms with van der Waals surface area (Å²) in [6.45, 7) is 2.83. The zero-order valence-electron chi connectivity index (χ0n) is 12.4. The molecule has 1 amide bonds. The van der Waals surface area contributed by atoms with E-state index in [0.29, 0.717) is 0 Å². The number of para-hydroxylation sites is 1. The number of fused-ring (bicyclic) bond motifs is 1. The number of nitrogens with zero attached hydrogens (tertiary/aromatic N) is 1. The maximum atomic E-state index is 12.5. The van der Waals surface area contributed by atoms with E-state index in [-0.39, 0.29) is 18.1 Å². The van der Waals surface area contributed by atoms with Gasteiger partial charge in [0.05, 0.1) is 6.10 Å². The van der Waals surface area contributed by atoms with Crippen molar-refractivity contribution in [3.63, 3.8) is 0 Å². The van der Waals surface area contributed by atoms with Crippen LogP contribution in [0.4, 0.5) is 0 Å². The summed E-state index contributed by atoms with van der Waals surface area (Å²) in [7, 11) is 0. The third-order valence-electron chi connectivity index (χ3n) is 4.39. The molecule has 1 aromatic heterocycles. The number of nitrogens with one attached hydrogen (secondary N) is 1. The van der Waals surface area contributed by atoms with E-state index in [2.05, 4.69) is 16.8 Å². The first-order valence-electron chi connectivity index (χ1n) is 7.76. The van der Waals surface area contributed by atoms with Crippen LogP contribution >= 0.6 is 0 Å². The fourth-order valence-corrected chi connectivity index (χ4v) is 3.22. The minimum absolute atomic E-state index is 0.00515. The summed E-state index contributed by atoms with van der Waals surface area (Å²) in [5, 5.41) is 13.8. The molecule has 1 aliphatic rings. The van der Waals surface area contributed by atoms with Gasteiger partial charge in [0.1, 0.15) is 5.69 Å². The fourth-order valence-electron chi connectivity index (χ4n) is 3.22. The minimum atomic E-state index is -0.194. The first-order chi connectivity index (χ1) is 10.2. The molecule has 0 radical (unpaired) electrons. The molecule has 0 atom stereocenters. The molecular formula is C17H22N2O2. The van der Waals surface area contributed by atoms with E-state index in [1.54, 1.807) is 0 Å². The lowest BCUT2D eigenvalue weighted by Crippen LogP contribution is -2.39. The van der Waals surface area contributed by atoms with Gasteiger partial charge in [-0.1, -0.05) is 18.2 Å². The van der Waals surface area contributed by atoms with Crippen molar-refractivity contribution in [1.82, 2.24) is 9.88 Å². The molecule has 21 heavy (non-hydrogen) atoms. The summed E-state index contributed by atoms with van der Waals surface area (Å²) >= 11 is 0. The van der Waals surface area contributed by atoms with Crippen LogP contribution in [0, 0.1) is 0 Å². The number of hydrogen-bond acceptors (Lipinski definition) is 2. The van der Waals surface area contributed by atoms with Gasteiger partial charge in [0.15, 0.2) is 0 Å². The maximum absolute atomic E-state index is 12.5. The largest absolute Gasteiger partial charge is 0.393 e. The number of amides is 1. The molecule has 4 nitrogen and oxygen atoms in total. The van der Waals surface area contributed by atoms with Gasteiger partial charge in [-0.3, -0.25) is 4.79 Å². The zero-order chi connectivity index (χ0) is 14.8. The van der Waals surface area contributed by atoms with Crippen molar-refractivity contribution in [2.45, 2.75) is 51.3 Å². The number of aliphatic hydroxyl groups is 1. The SMILES string of the molecule is CCn1c(C(=O)NC2CCC(O)CC2)cc2ccccc21. The maximum Gasteiger partial charge on any atom is 0.268 e. The monoisotopic (exact) mass is 286 g/mol. The van der Waals surface area contributed by atoms with E-state index in [4.69, 9.17) is 0 Å². The third-order valence-corrected chi connectivity index (χ3v) is 4.39. The number of carbonyl (C=O) groups excluding carboxylic acids is 1. The fraction of sp³-hybridized carbons (Fsp3) is 0.471. The van der Waals surface area contributed by atoms with Crippen LogP contribution in [0.3, 0.4) is 0 Å². The quantitative estimate of drug-likeness (QED) is 0.911. The summed E-state index contributed by atoms with van der Waals surface area (Å²) in [6.07, 6.45) is 3.09. The predicted molar refractivity (Wildman–Crippen MR) is 83.3 cm³/mol. The van der Waals surface area contributed by atoms with Crippen molar-refractivity contribution in [2.75, 3.05) is 0 Å². The number of rotatable bonds is 3. The topological polar surface area (TPSA) is 54.3 Å². The molecular weight excluding hydrogens is 264 g/mol. The molecule has 0 bridgehead atoms. The molecule has 2 aromatic rings. The van der Waals surface area contributed by atoms with Crippen LogP contribution in [-0.4, -0.2) is 27.7 Å². The van der Waals surface area contributed by atoms with Crippen molar-refractivity contribution in [2.24, 2.45) is 0 Å². The van der Waals surface area contributed by atoms with Crippen molar-refractivity contribution < 1.29 is 9.90 Å². The molecule has 4 heteroatoms. The van der Waals surface area contributed by atoms with E-state index in [0.717, 1.165) is 48.8 Å². The smallest absolute Gasteiger partial charge is 0.268 e. The third kappa shape index (κ3) is 2.81. The van der Waals surface area contributed by atoms with Gasteiger partial charge in [0.25, 0.3) is 5.91 Å². The van der Waals surface area contributed by atoms with E-state index in [9.17, 15) is 9.90 Å². The van der Waals surface area contributed by atoms with Crippen molar-refractivity contribution in [3.05, 3.63) is 36.0 Å². The van der Waals surface area contributed by atoms with Crippen LogP contribution < -0.4 is 5.32 Å². The molecule has 1 heterocycles. The number of aromatic nitrogens is 1. The second-order valence-corrected chi connectivity index (χ2v) is 5.81. The number of carbonyl (C=O) groups is 1. The lowest BCUT2D eigenvalue weighted by atomic mass is 9.93. The molecule has 0 spiro atoms. The summed E-state index contributed by atoms with van der Waals surface area (Å²) in [4.78, 5) is 12.5.